The van der Waals surface area contributed by atoms with E-state index in [0.29, 0.717) is 5.75 Å². The van der Waals surface area contributed by atoms with Crippen LogP contribution in [-0.4, -0.2) is 18.3 Å². The highest BCUT2D eigenvalue weighted by molar-refractivity contribution is 5.56. The van der Waals surface area contributed by atoms with Crippen molar-refractivity contribution in [3.8, 4) is 11.5 Å². The maximum Gasteiger partial charge on any atom is 0.163 e. The molecule has 0 amide bonds. The third kappa shape index (κ3) is 1.69. The number of phenols is 1. The Morgan fingerprint density at radius 1 is 1.35 bits per heavy atom. The van der Waals surface area contributed by atoms with Gasteiger partial charge >= 0.3 is 0 Å². The second-order valence-corrected chi connectivity index (χ2v) is 5.17. The largest absolute Gasteiger partial charge is 0.504 e. The molecule has 3 N–H and O–H groups in total. The summed E-state index contributed by atoms with van der Waals surface area (Å²) in [5, 5.41) is 10.0. The SMILES string of the molecule is COc1c(O)cc(C2(C(C)N)CC2)c(C)c1C. The third-order valence-corrected chi connectivity index (χ3v) is 4.22. The van der Waals surface area contributed by atoms with Crippen molar-refractivity contribution in [1.82, 2.24) is 0 Å². The van der Waals surface area contributed by atoms with E-state index >= 15 is 0 Å². The summed E-state index contributed by atoms with van der Waals surface area (Å²) in [6.45, 7) is 6.10. The zero-order chi connectivity index (χ0) is 12.8. The van der Waals surface area contributed by atoms with Gasteiger partial charge in [-0.2, -0.15) is 0 Å². The molecule has 0 bridgehead atoms. The zero-order valence-corrected chi connectivity index (χ0v) is 11.0. The van der Waals surface area contributed by atoms with Gasteiger partial charge in [-0.1, -0.05) is 0 Å². The Balaban J connectivity index is 2.58. The van der Waals surface area contributed by atoms with Gasteiger partial charge in [0.15, 0.2) is 11.5 Å². The van der Waals surface area contributed by atoms with Crippen molar-refractivity contribution in [2.75, 3.05) is 7.11 Å². The van der Waals surface area contributed by atoms with Gasteiger partial charge in [-0.05, 0) is 56.4 Å². The van der Waals surface area contributed by atoms with E-state index in [0.717, 1.165) is 18.4 Å². The molecule has 1 fully saturated rings. The van der Waals surface area contributed by atoms with Crippen LogP contribution in [0.3, 0.4) is 0 Å². The van der Waals surface area contributed by atoms with Crippen LogP contribution in [0.2, 0.25) is 0 Å². The number of hydrogen-bond acceptors (Lipinski definition) is 3. The lowest BCUT2D eigenvalue weighted by atomic mass is 9.84. The molecular weight excluding hydrogens is 214 g/mol. The molecule has 1 aromatic rings. The summed E-state index contributed by atoms with van der Waals surface area (Å²) in [6.07, 6.45) is 2.22. The van der Waals surface area contributed by atoms with Crippen LogP contribution in [0.25, 0.3) is 0 Å². The maximum atomic E-state index is 10.0. The van der Waals surface area contributed by atoms with Gasteiger partial charge in [0.2, 0.25) is 0 Å². The van der Waals surface area contributed by atoms with Crippen LogP contribution >= 0.6 is 0 Å². The number of nitrogens with two attached hydrogens (primary N) is 1. The Morgan fingerprint density at radius 3 is 2.35 bits per heavy atom. The first-order chi connectivity index (χ1) is 7.94. The van der Waals surface area contributed by atoms with Crippen molar-refractivity contribution in [3.63, 3.8) is 0 Å². The standard InChI is InChI=1S/C14H21NO2/c1-8-9(2)13(17-4)12(16)7-11(8)14(5-6-14)10(3)15/h7,10,16H,5-6,15H2,1-4H3. The molecule has 0 heterocycles. The number of benzene rings is 1. The van der Waals surface area contributed by atoms with Crippen molar-refractivity contribution in [2.45, 2.75) is 45.1 Å². The van der Waals surface area contributed by atoms with Crippen LogP contribution in [-0.2, 0) is 5.41 Å². The Bertz CT molecular complexity index is 448. The van der Waals surface area contributed by atoms with Gasteiger partial charge in [0.25, 0.3) is 0 Å². The molecule has 3 heteroatoms. The predicted octanol–water partition coefficient (Wildman–Crippen LogP) is 2.40. The van der Waals surface area contributed by atoms with Crippen LogP contribution in [0.5, 0.6) is 11.5 Å². The smallest absolute Gasteiger partial charge is 0.163 e. The molecule has 1 aliphatic carbocycles. The molecule has 94 valence electrons. The molecule has 1 saturated carbocycles. The number of methoxy groups -OCH3 is 1. The highest BCUT2D eigenvalue weighted by atomic mass is 16.5. The summed E-state index contributed by atoms with van der Waals surface area (Å²) in [5.74, 6) is 0.796. The van der Waals surface area contributed by atoms with Crippen LogP contribution in [0, 0.1) is 13.8 Å². The molecule has 2 rings (SSSR count). The summed E-state index contributed by atoms with van der Waals surface area (Å²) < 4.78 is 5.22. The van der Waals surface area contributed by atoms with E-state index in [1.54, 1.807) is 7.11 Å². The summed E-state index contributed by atoms with van der Waals surface area (Å²) >= 11 is 0. The van der Waals surface area contributed by atoms with Crippen molar-refractivity contribution in [3.05, 3.63) is 22.8 Å². The number of phenolic OH excluding ortho intramolecular Hbond substituents is 1. The van der Waals surface area contributed by atoms with Crippen molar-refractivity contribution in [2.24, 2.45) is 5.73 Å². The number of aromatic hydroxyl groups is 1. The first kappa shape index (κ1) is 12.2. The number of hydrogen-bond donors (Lipinski definition) is 2. The summed E-state index contributed by atoms with van der Waals surface area (Å²) in [6, 6.07) is 1.95. The molecule has 1 aromatic carbocycles. The van der Waals surface area contributed by atoms with E-state index in [-0.39, 0.29) is 17.2 Å². The molecular formula is C14H21NO2. The summed E-state index contributed by atoms with van der Waals surface area (Å²) in [5.41, 5.74) is 9.54. The Labute approximate surface area is 103 Å². The van der Waals surface area contributed by atoms with E-state index in [4.69, 9.17) is 10.5 Å². The van der Waals surface area contributed by atoms with Crippen molar-refractivity contribution >= 4 is 0 Å². The fraction of sp³-hybridized carbons (Fsp3) is 0.571. The normalized spacial score (nSPS) is 18.9. The molecule has 0 radical (unpaired) electrons. The zero-order valence-electron chi connectivity index (χ0n) is 11.0. The fourth-order valence-electron chi connectivity index (χ4n) is 2.75. The topological polar surface area (TPSA) is 55.5 Å². The molecule has 17 heavy (non-hydrogen) atoms. The Kier molecular flexibility index (Phi) is 2.82. The highest BCUT2D eigenvalue weighted by Crippen LogP contribution is 2.53. The summed E-state index contributed by atoms with van der Waals surface area (Å²) in [4.78, 5) is 0. The van der Waals surface area contributed by atoms with Gasteiger partial charge in [0.1, 0.15) is 0 Å². The van der Waals surface area contributed by atoms with E-state index in [2.05, 4.69) is 6.92 Å². The average molecular weight is 235 g/mol. The molecule has 0 aromatic heterocycles. The second kappa shape index (κ2) is 3.91. The van der Waals surface area contributed by atoms with Crippen LogP contribution in [0.1, 0.15) is 36.5 Å². The third-order valence-electron chi connectivity index (χ3n) is 4.22. The second-order valence-electron chi connectivity index (χ2n) is 5.17. The molecule has 0 aliphatic heterocycles. The lowest BCUT2D eigenvalue weighted by Crippen LogP contribution is -2.32. The molecule has 0 spiro atoms. The average Bonchev–Trinajstić information content (AvgIpc) is 3.05. The first-order valence-electron chi connectivity index (χ1n) is 6.07. The lowest BCUT2D eigenvalue weighted by molar-refractivity contribution is 0.369. The number of rotatable bonds is 3. The van der Waals surface area contributed by atoms with E-state index < -0.39 is 0 Å². The van der Waals surface area contributed by atoms with Crippen LogP contribution in [0.15, 0.2) is 6.07 Å². The van der Waals surface area contributed by atoms with E-state index in [9.17, 15) is 5.11 Å². The van der Waals surface area contributed by atoms with Crippen LogP contribution < -0.4 is 10.5 Å². The van der Waals surface area contributed by atoms with E-state index in [1.807, 2.05) is 19.9 Å². The van der Waals surface area contributed by atoms with Gasteiger partial charge in [0, 0.05) is 11.5 Å². The maximum absolute atomic E-state index is 10.0. The van der Waals surface area contributed by atoms with Gasteiger partial charge < -0.3 is 15.6 Å². The molecule has 1 atom stereocenters. The lowest BCUT2D eigenvalue weighted by Gasteiger charge is -2.24. The predicted molar refractivity (Wildman–Crippen MR) is 68.7 cm³/mol. The minimum atomic E-state index is 0.0681. The number of ether oxygens (including phenoxy) is 1. The monoisotopic (exact) mass is 235 g/mol. The van der Waals surface area contributed by atoms with E-state index in [1.165, 1.54) is 11.1 Å². The quantitative estimate of drug-likeness (QED) is 0.845. The molecule has 0 saturated heterocycles. The molecule has 1 unspecified atom stereocenters. The van der Waals surface area contributed by atoms with Gasteiger partial charge in [-0.25, -0.2) is 0 Å². The Morgan fingerprint density at radius 2 is 1.94 bits per heavy atom. The fourth-order valence-corrected chi connectivity index (χ4v) is 2.75. The van der Waals surface area contributed by atoms with Crippen molar-refractivity contribution < 1.29 is 9.84 Å². The van der Waals surface area contributed by atoms with Crippen molar-refractivity contribution in [1.29, 1.82) is 0 Å². The van der Waals surface area contributed by atoms with Gasteiger partial charge in [-0.15, -0.1) is 0 Å². The van der Waals surface area contributed by atoms with Gasteiger partial charge in [0.05, 0.1) is 7.11 Å². The summed E-state index contributed by atoms with van der Waals surface area (Å²) in [7, 11) is 1.58. The molecule has 1 aliphatic rings. The highest BCUT2D eigenvalue weighted by Gasteiger charge is 2.48. The minimum Gasteiger partial charge on any atom is -0.504 e. The van der Waals surface area contributed by atoms with Crippen LogP contribution in [0.4, 0.5) is 0 Å². The first-order valence-corrected chi connectivity index (χ1v) is 6.07. The van der Waals surface area contributed by atoms with Gasteiger partial charge in [-0.3, -0.25) is 0 Å². The Hall–Kier alpha value is -1.22. The minimum absolute atomic E-state index is 0.0681. The molecule has 3 nitrogen and oxygen atoms in total.